The fraction of sp³-hybridized carbons (Fsp3) is 0.571. The molecule has 1 fully saturated rings. The third-order valence-corrected chi connectivity index (χ3v) is 4.56. The van der Waals surface area contributed by atoms with Gasteiger partial charge in [-0.05, 0) is 30.2 Å². The van der Waals surface area contributed by atoms with Crippen LogP contribution in [0.4, 0.5) is 0 Å². The first kappa shape index (κ1) is 11.4. The molecule has 1 aromatic rings. The van der Waals surface area contributed by atoms with Crippen LogP contribution in [-0.2, 0) is 0 Å². The lowest BCUT2D eigenvalue weighted by molar-refractivity contribution is 0.320. The van der Waals surface area contributed by atoms with Crippen LogP contribution in [0.3, 0.4) is 0 Å². The van der Waals surface area contributed by atoms with Crippen molar-refractivity contribution in [1.82, 2.24) is 0 Å². The summed E-state index contributed by atoms with van der Waals surface area (Å²) in [4.78, 5) is 0. The van der Waals surface area contributed by atoms with E-state index in [4.69, 9.17) is 0 Å². The third kappa shape index (κ3) is 2.96. The molecule has 1 unspecified atom stereocenters. The highest BCUT2D eigenvalue weighted by atomic mass is 127. The molecule has 0 spiro atoms. The molecule has 0 amide bonds. The van der Waals surface area contributed by atoms with Crippen LogP contribution in [0.15, 0.2) is 30.3 Å². The highest BCUT2D eigenvalue weighted by molar-refractivity contribution is 14.1. The zero-order valence-electron chi connectivity index (χ0n) is 9.16. The Morgan fingerprint density at radius 3 is 2.33 bits per heavy atom. The molecular formula is C14H19I. The van der Waals surface area contributed by atoms with Crippen LogP contribution in [0, 0.1) is 5.92 Å². The van der Waals surface area contributed by atoms with Crippen molar-refractivity contribution in [2.75, 3.05) is 4.43 Å². The maximum absolute atomic E-state index is 2.56. The van der Waals surface area contributed by atoms with E-state index in [0.29, 0.717) is 0 Å². The summed E-state index contributed by atoms with van der Waals surface area (Å²) in [6.45, 7) is 0. The molecule has 2 rings (SSSR count). The summed E-state index contributed by atoms with van der Waals surface area (Å²) in [5.41, 5.74) is 1.55. The Hall–Kier alpha value is -0.0500. The minimum Gasteiger partial charge on any atom is -0.0857 e. The van der Waals surface area contributed by atoms with Crippen LogP contribution < -0.4 is 0 Å². The molecule has 15 heavy (non-hydrogen) atoms. The maximum atomic E-state index is 2.56. The molecule has 1 aromatic carbocycles. The summed E-state index contributed by atoms with van der Waals surface area (Å²) in [6.07, 6.45) is 7.25. The number of benzene rings is 1. The second-order valence-electron chi connectivity index (χ2n) is 4.57. The summed E-state index contributed by atoms with van der Waals surface area (Å²) >= 11 is 2.56. The largest absolute Gasteiger partial charge is 0.0857 e. The lowest BCUT2D eigenvalue weighted by Crippen LogP contribution is -2.17. The molecule has 82 valence electrons. The van der Waals surface area contributed by atoms with Crippen molar-refractivity contribution in [1.29, 1.82) is 0 Å². The lowest BCUT2D eigenvalue weighted by atomic mass is 9.78. The molecule has 0 saturated heterocycles. The third-order valence-electron chi connectivity index (χ3n) is 3.61. The summed E-state index contributed by atoms with van der Waals surface area (Å²) in [5.74, 6) is 1.74. The van der Waals surface area contributed by atoms with Crippen molar-refractivity contribution in [2.24, 2.45) is 5.92 Å². The Kier molecular flexibility index (Phi) is 4.48. The highest BCUT2D eigenvalue weighted by Gasteiger charge is 2.23. The fourth-order valence-corrected chi connectivity index (χ4v) is 3.95. The van der Waals surface area contributed by atoms with E-state index in [1.807, 2.05) is 0 Å². The second-order valence-corrected chi connectivity index (χ2v) is 5.45. The van der Waals surface area contributed by atoms with Crippen molar-refractivity contribution in [3.8, 4) is 0 Å². The van der Waals surface area contributed by atoms with Gasteiger partial charge >= 0.3 is 0 Å². The predicted molar refractivity (Wildman–Crippen MR) is 74.6 cm³/mol. The standard InChI is InChI=1S/C14H19I/c15-11-14(12-7-3-1-4-8-12)13-9-5-2-6-10-13/h1,3-4,7-8,13-14H,2,5-6,9-11H2. The van der Waals surface area contributed by atoms with Crippen LogP contribution in [0.25, 0.3) is 0 Å². The van der Waals surface area contributed by atoms with E-state index in [-0.39, 0.29) is 0 Å². The van der Waals surface area contributed by atoms with Crippen LogP contribution in [-0.4, -0.2) is 4.43 Å². The van der Waals surface area contributed by atoms with Gasteiger partial charge in [-0.2, -0.15) is 0 Å². The number of hydrogen-bond donors (Lipinski definition) is 0. The van der Waals surface area contributed by atoms with Gasteiger partial charge in [-0.15, -0.1) is 0 Å². The van der Waals surface area contributed by atoms with Crippen molar-refractivity contribution < 1.29 is 0 Å². The molecule has 0 aliphatic heterocycles. The molecule has 0 nitrogen and oxygen atoms in total. The first-order valence-electron chi connectivity index (χ1n) is 6.02. The van der Waals surface area contributed by atoms with Crippen LogP contribution >= 0.6 is 22.6 Å². The molecule has 1 aliphatic carbocycles. The quantitative estimate of drug-likeness (QED) is 0.556. The monoisotopic (exact) mass is 314 g/mol. The smallest absolute Gasteiger partial charge is 0.00669 e. The van der Waals surface area contributed by atoms with Crippen molar-refractivity contribution >= 4 is 22.6 Å². The van der Waals surface area contributed by atoms with E-state index < -0.39 is 0 Å². The zero-order chi connectivity index (χ0) is 10.5. The van der Waals surface area contributed by atoms with Gasteiger partial charge in [0.1, 0.15) is 0 Å². The molecule has 0 N–H and O–H groups in total. The minimum atomic E-state index is 0.798. The summed E-state index contributed by atoms with van der Waals surface area (Å²) in [6, 6.07) is 11.1. The zero-order valence-corrected chi connectivity index (χ0v) is 11.3. The number of halogens is 1. The molecule has 1 aliphatic rings. The first-order valence-corrected chi connectivity index (χ1v) is 7.55. The van der Waals surface area contributed by atoms with E-state index in [0.717, 1.165) is 11.8 Å². The van der Waals surface area contributed by atoms with Crippen molar-refractivity contribution in [3.63, 3.8) is 0 Å². The minimum absolute atomic E-state index is 0.798. The number of rotatable bonds is 3. The Morgan fingerprint density at radius 2 is 1.73 bits per heavy atom. The molecule has 0 bridgehead atoms. The summed E-state index contributed by atoms with van der Waals surface area (Å²) < 4.78 is 1.27. The summed E-state index contributed by atoms with van der Waals surface area (Å²) in [5, 5.41) is 0. The highest BCUT2D eigenvalue weighted by Crippen LogP contribution is 2.36. The van der Waals surface area contributed by atoms with Gasteiger partial charge in [0.05, 0.1) is 0 Å². The van der Waals surface area contributed by atoms with E-state index in [1.54, 1.807) is 5.56 Å². The second kappa shape index (κ2) is 5.88. The van der Waals surface area contributed by atoms with Gasteiger partial charge in [-0.25, -0.2) is 0 Å². The number of hydrogen-bond acceptors (Lipinski definition) is 0. The van der Waals surface area contributed by atoms with Crippen molar-refractivity contribution in [2.45, 2.75) is 38.0 Å². The molecule has 1 saturated carbocycles. The molecule has 1 atom stereocenters. The van der Waals surface area contributed by atoms with Crippen LogP contribution in [0.1, 0.15) is 43.6 Å². The molecular weight excluding hydrogens is 295 g/mol. The van der Waals surface area contributed by atoms with Gasteiger partial charge in [0.2, 0.25) is 0 Å². The molecule has 0 heterocycles. The van der Waals surface area contributed by atoms with E-state index in [9.17, 15) is 0 Å². The summed E-state index contributed by atoms with van der Waals surface area (Å²) in [7, 11) is 0. The topological polar surface area (TPSA) is 0 Å². The van der Waals surface area contributed by atoms with Gasteiger partial charge in [0, 0.05) is 4.43 Å². The van der Waals surface area contributed by atoms with Crippen molar-refractivity contribution in [3.05, 3.63) is 35.9 Å². The molecule has 0 aromatic heterocycles. The van der Waals surface area contributed by atoms with Gasteiger partial charge in [0.15, 0.2) is 0 Å². The average molecular weight is 314 g/mol. The van der Waals surface area contributed by atoms with Gasteiger partial charge in [0.25, 0.3) is 0 Å². The Balaban J connectivity index is 2.09. The Bertz CT molecular complexity index is 275. The molecule has 1 heteroatoms. The van der Waals surface area contributed by atoms with Gasteiger partial charge in [-0.3, -0.25) is 0 Å². The van der Waals surface area contributed by atoms with Crippen LogP contribution in [0.5, 0.6) is 0 Å². The Labute approximate surface area is 107 Å². The molecule has 0 radical (unpaired) electrons. The Morgan fingerprint density at radius 1 is 1.07 bits per heavy atom. The normalized spacial score (nSPS) is 20.1. The van der Waals surface area contributed by atoms with E-state index in [1.165, 1.54) is 36.5 Å². The van der Waals surface area contributed by atoms with E-state index in [2.05, 4.69) is 52.9 Å². The van der Waals surface area contributed by atoms with Crippen LogP contribution in [0.2, 0.25) is 0 Å². The average Bonchev–Trinajstić information content (AvgIpc) is 2.33. The predicted octanol–water partition coefficient (Wildman–Crippen LogP) is 4.79. The van der Waals surface area contributed by atoms with Gasteiger partial charge in [-0.1, -0.05) is 72.2 Å². The SMILES string of the molecule is ICC(c1ccccc1)C1CCCCC1. The number of alkyl halides is 1. The lowest BCUT2D eigenvalue weighted by Gasteiger charge is -2.29. The van der Waals surface area contributed by atoms with Gasteiger partial charge < -0.3 is 0 Å². The van der Waals surface area contributed by atoms with E-state index >= 15 is 0 Å². The maximum Gasteiger partial charge on any atom is 0.00669 e. The first-order chi connectivity index (χ1) is 7.42. The fourth-order valence-electron chi connectivity index (χ4n) is 2.72.